The Bertz CT molecular complexity index is 296. The largest absolute Gasteiger partial charge is 0.390 e. The summed E-state index contributed by atoms with van der Waals surface area (Å²) in [6, 6.07) is 2.16. The summed E-state index contributed by atoms with van der Waals surface area (Å²) in [6.07, 6.45) is 3.41. The number of nitrogens with one attached hydrogen (secondary N) is 1. The van der Waals surface area contributed by atoms with Gasteiger partial charge >= 0.3 is 0 Å². The predicted molar refractivity (Wildman–Crippen MR) is 72.6 cm³/mol. The third-order valence-corrected chi connectivity index (χ3v) is 3.95. The van der Waals surface area contributed by atoms with Crippen LogP contribution in [0.4, 0.5) is 0 Å². The molecule has 2 rings (SSSR count). The van der Waals surface area contributed by atoms with Gasteiger partial charge in [-0.25, -0.2) is 0 Å². The van der Waals surface area contributed by atoms with E-state index in [0.29, 0.717) is 6.54 Å². The van der Waals surface area contributed by atoms with Crippen molar-refractivity contribution < 1.29 is 5.11 Å². The number of nitrogens with zero attached hydrogens (tertiary/aromatic N) is 1. The summed E-state index contributed by atoms with van der Waals surface area (Å²) in [5, 5.41) is 17.5. The van der Waals surface area contributed by atoms with Crippen molar-refractivity contribution >= 4 is 11.3 Å². The molecule has 2 heterocycles. The van der Waals surface area contributed by atoms with E-state index >= 15 is 0 Å². The molecule has 1 fully saturated rings. The zero-order valence-corrected chi connectivity index (χ0v) is 11.1. The minimum absolute atomic E-state index is 0.226. The molecule has 1 aliphatic rings. The molecule has 0 radical (unpaired) electrons. The Balaban J connectivity index is 1.52. The first-order valence-corrected chi connectivity index (χ1v) is 7.41. The molecule has 0 saturated carbocycles. The van der Waals surface area contributed by atoms with E-state index in [1.807, 2.05) is 0 Å². The molecule has 1 aliphatic heterocycles. The highest BCUT2D eigenvalue weighted by atomic mass is 32.1. The van der Waals surface area contributed by atoms with Crippen molar-refractivity contribution in [3.05, 3.63) is 22.4 Å². The molecule has 1 aromatic heterocycles. The Morgan fingerprint density at radius 1 is 1.41 bits per heavy atom. The Morgan fingerprint density at radius 3 is 2.94 bits per heavy atom. The number of likely N-dealkylation sites (tertiary alicyclic amines) is 1. The molecule has 0 amide bonds. The quantitative estimate of drug-likeness (QED) is 0.721. The first kappa shape index (κ1) is 13.0. The van der Waals surface area contributed by atoms with E-state index in [9.17, 15) is 5.11 Å². The summed E-state index contributed by atoms with van der Waals surface area (Å²) in [7, 11) is 0. The Kier molecular flexibility index (Phi) is 5.45. The van der Waals surface area contributed by atoms with Crippen LogP contribution in [0.25, 0.3) is 0 Å². The van der Waals surface area contributed by atoms with Crippen LogP contribution in [-0.4, -0.2) is 48.8 Å². The van der Waals surface area contributed by atoms with E-state index in [4.69, 9.17) is 0 Å². The molecular formula is C13H22N2OS. The zero-order chi connectivity index (χ0) is 11.9. The number of hydrogen-bond donors (Lipinski definition) is 2. The normalized spacial score (nSPS) is 18.6. The lowest BCUT2D eigenvalue weighted by atomic mass is 10.2. The van der Waals surface area contributed by atoms with E-state index in [-0.39, 0.29) is 6.10 Å². The fourth-order valence-corrected chi connectivity index (χ4v) is 2.97. The number of aliphatic hydroxyl groups is 1. The lowest BCUT2D eigenvalue weighted by Crippen LogP contribution is -2.37. The van der Waals surface area contributed by atoms with Gasteiger partial charge in [-0.15, -0.1) is 0 Å². The summed E-state index contributed by atoms with van der Waals surface area (Å²) in [5.41, 5.74) is 1.39. The maximum Gasteiger partial charge on any atom is 0.0791 e. The van der Waals surface area contributed by atoms with Gasteiger partial charge in [0.2, 0.25) is 0 Å². The number of thiophene rings is 1. The molecule has 1 unspecified atom stereocenters. The first-order chi connectivity index (χ1) is 8.34. The predicted octanol–water partition coefficient (Wildman–Crippen LogP) is 1.34. The second kappa shape index (κ2) is 7.11. The smallest absolute Gasteiger partial charge is 0.0791 e. The standard InChI is InChI=1S/C13H22N2OS/c16-13(10-15-6-1-2-7-15)9-14-5-3-12-4-8-17-11-12/h4,8,11,13-14,16H,1-3,5-7,9-10H2. The van der Waals surface area contributed by atoms with E-state index in [2.05, 4.69) is 27.0 Å². The summed E-state index contributed by atoms with van der Waals surface area (Å²) in [4.78, 5) is 2.35. The highest BCUT2D eigenvalue weighted by Gasteiger charge is 2.15. The van der Waals surface area contributed by atoms with Gasteiger partial charge in [0.1, 0.15) is 0 Å². The van der Waals surface area contributed by atoms with E-state index in [1.165, 1.54) is 18.4 Å². The van der Waals surface area contributed by atoms with Crippen molar-refractivity contribution in [3.63, 3.8) is 0 Å². The van der Waals surface area contributed by atoms with Gasteiger partial charge in [-0.1, -0.05) is 0 Å². The van der Waals surface area contributed by atoms with Gasteiger partial charge in [0, 0.05) is 13.1 Å². The highest BCUT2D eigenvalue weighted by Crippen LogP contribution is 2.07. The van der Waals surface area contributed by atoms with Crippen LogP contribution in [0.3, 0.4) is 0 Å². The van der Waals surface area contributed by atoms with E-state index in [0.717, 1.165) is 32.6 Å². The van der Waals surface area contributed by atoms with Crippen LogP contribution in [-0.2, 0) is 6.42 Å². The van der Waals surface area contributed by atoms with Gasteiger partial charge in [0.05, 0.1) is 6.10 Å². The van der Waals surface area contributed by atoms with Crippen molar-refractivity contribution in [1.82, 2.24) is 10.2 Å². The van der Waals surface area contributed by atoms with Crippen molar-refractivity contribution in [2.75, 3.05) is 32.7 Å². The maximum absolute atomic E-state index is 9.86. The second-order valence-electron chi connectivity index (χ2n) is 4.75. The van der Waals surface area contributed by atoms with E-state index < -0.39 is 0 Å². The first-order valence-electron chi connectivity index (χ1n) is 6.47. The van der Waals surface area contributed by atoms with Gasteiger partial charge in [-0.2, -0.15) is 11.3 Å². The Morgan fingerprint density at radius 2 is 2.24 bits per heavy atom. The number of aliphatic hydroxyl groups excluding tert-OH is 1. The molecular weight excluding hydrogens is 232 g/mol. The summed E-state index contributed by atoms with van der Waals surface area (Å²) >= 11 is 1.74. The van der Waals surface area contributed by atoms with Crippen molar-refractivity contribution in [2.45, 2.75) is 25.4 Å². The van der Waals surface area contributed by atoms with Crippen molar-refractivity contribution in [1.29, 1.82) is 0 Å². The summed E-state index contributed by atoms with van der Waals surface area (Å²) in [6.45, 7) is 4.80. The summed E-state index contributed by atoms with van der Waals surface area (Å²) in [5.74, 6) is 0. The molecule has 0 aliphatic carbocycles. The molecule has 17 heavy (non-hydrogen) atoms. The van der Waals surface area contributed by atoms with Gasteiger partial charge in [0.15, 0.2) is 0 Å². The molecule has 1 saturated heterocycles. The molecule has 1 aromatic rings. The zero-order valence-electron chi connectivity index (χ0n) is 10.3. The molecule has 3 nitrogen and oxygen atoms in total. The lowest BCUT2D eigenvalue weighted by Gasteiger charge is -2.19. The van der Waals surface area contributed by atoms with Gasteiger partial charge in [0.25, 0.3) is 0 Å². The van der Waals surface area contributed by atoms with Crippen LogP contribution in [0.5, 0.6) is 0 Å². The number of hydrogen-bond acceptors (Lipinski definition) is 4. The monoisotopic (exact) mass is 254 g/mol. The van der Waals surface area contributed by atoms with Crippen LogP contribution in [0.15, 0.2) is 16.8 Å². The van der Waals surface area contributed by atoms with Crippen LogP contribution in [0, 0.1) is 0 Å². The van der Waals surface area contributed by atoms with Crippen LogP contribution in [0.2, 0.25) is 0 Å². The average molecular weight is 254 g/mol. The van der Waals surface area contributed by atoms with Gasteiger partial charge in [-0.05, 0) is 61.3 Å². The SMILES string of the molecule is OC(CNCCc1ccsc1)CN1CCCC1. The van der Waals surface area contributed by atoms with Crippen LogP contribution >= 0.6 is 11.3 Å². The maximum atomic E-state index is 9.86. The third-order valence-electron chi connectivity index (χ3n) is 3.22. The molecule has 0 spiro atoms. The van der Waals surface area contributed by atoms with E-state index in [1.54, 1.807) is 11.3 Å². The van der Waals surface area contributed by atoms with Gasteiger partial charge < -0.3 is 15.3 Å². The molecule has 0 bridgehead atoms. The highest BCUT2D eigenvalue weighted by molar-refractivity contribution is 7.07. The molecule has 0 aromatic carbocycles. The average Bonchev–Trinajstić information content (AvgIpc) is 2.96. The third kappa shape index (κ3) is 4.76. The molecule has 2 N–H and O–H groups in total. The lowest BCUT2D eigenvalue weighted by molar-refractivity contribution is 0.124. The van der Waals surface area contributed by atoms with Crippen molar-refractivity contribution in [2.24, 2.45) is 0 Å². The minimum atomic E-state index is -0.226. The minimum Gasteiger partial charge on any atom is -0.390 e. The molecule has 96 valence electrons. The molecule has 4 heteroatoms. The Hall–Kier alpha value is -0.420. The van der Waals surface area contributed by atoms with Gasteiger partial charge in [-0.3, -0.25) is 0 Å². The second-order valence-corrected chi connectivity index (χ2v) is 5.53. The van der Waals surface area contributed by atoms with Crippen molar-refractivity contribution in [3.8, 4) is 0 Å². The van der Waals surface area contributed by atoms with Crippen LogP contribution in [0.1, 0.15) is 18.4 Å². The molecule has 1 atom stereocenters. The topological polar surface area (TPSA) is 35.5 Å². The number of rotatable bonds is 7. The Labute approximate surface area is 107 Å². The van der Waals surface area contributed by atoms with Crippen LogP contribution < -0.4 is 5.32 Å². The fourth-order valence-electron chi connectivity index (χ4n) is 2.26. The fraction of sp³-hybridized carbons (Fsp3) is 0.692. The number of β-amino-alcohol motifs (C(OH)–C–C–N with tert-alkyl or cyclic N) is 1. The summed E-state index contributed by atoms with van der Waals surface area (Å²) < 4.78 is 0.